The maximum absolute atomic E-state index is 14.6. The van der Waals surface area contributed by atoms with Crippen LogP contribution in [0.5, 0.6) is 0 Å². The van der Waals surface area contributed by atoms with E-state index in [0.29, 0.717) is 18.7 Å². The van der Waals surface area contributed by atoms with Crippen LogP contribution in [0.3, 0.4) is 0 Å². The number of benzene rings is 1. The van der Waals surface area contributed by atoms with Crippen LogP contribution in [0.15, 0.2) is 29.3 Å². The summed E-state index contributed by atoms with van der Waals surface area (Å²) < 4.78 is 40.5. The van der Waals surface area contributed by atoms with Gasteiger partial charge in [-0.15, -0.1) is 0 Å². The number of hydrogen-bond acceptors (Lipinski definition) is 7. The molecule has 2 fully saturated rings. The van der Waals surface area contributed by atoms with Crippen molar-refractivity contribution in [1.82, 2.24) is 14.7 Å². The fraction of sp³-hybridized carbons (Fsp3) is 0.476. The lowest BCUT2D eigenvalue weighted by atomic mass is 9.98. The first-order chi connectivity index (χ1) is 15.1. The molecular formula is C21H24FN5O4S. The molecule has 1 aliphatic heterocycles. The fourth-order valence-corrected chi connectivity index (χ4v) is 5.58. The molecule has 32 heavy (non-hydrogen) atoms. The Kier molecular flexibility index (Phi) is 4.60. The number of aromatic nitrogens is 2. The monoisotopic (exact) mass is 461 g/mol. The van der Waals surface area contributed by atoms with Gasteiger partial charge in [-0.2, -0.15) is 4.98 Å². The van der Waals surface area contributed by atoms with Gasteiger partial charge in [0, 0.05) is 11.8 Å². The molecule has 1 aromatic heterocycles. The van der Waals surface area contributed by atoms with Crippen molar-refractivity contribution in [3.05, 3.63) is 35.8 Å². The Bertz CT molecular complexity index is 1230. The molecule has 2 aromatic rings. The lowest BCUT2D eigenvalue weighted by Crippen LogP contribution is -2.50. The number of aliphatic hydroxyl groups is 1. The van der Waals surface area contributed by atoms with Gasteiger partial charge < -0.3 is 10.4 Å². The van der Waals surface area contributed by atoms with Crippen LogP contribution in [0.4, 0.5) is 21.8 Å². The van der Waals surface area contributed by atoms with Crippen molar-refractivity contribution < 1.29 is 22.7 Å². The zero-order valence-electron chi connectivity index (χ0n) is 17.7. The Morgan fingerprint density at radius 2 is 2.03 bits per heavy atom. The second-order valence-corrected chi connectivity index (χ2v) is 10.8. The predicted molar refractivity (Wildman–Crippen MR) is 115 cm³/mol. The molecule has 0 saturated heterocycles. The number of hydrogen-bond donors (Lipinski definition) is 3. The molecule has 2 saturated carbocycles. The Balaban J connectivity index is 1.50. The van der Waals surface area contributed by atoms with E-state index in [0.717, 1.165) is 30.9 Å². The summed E-state index contributed by atoms with van der Waals surface area (Å²) >= 11 is 0. The van der Waals surface area contributed by atoms with Crippen LogP contribution in [0, 0.1) is 5.82 Å². The number of fused-ring (bicyclic) bond motifs is 2. The number of nitrogens with one attached hydrogen (secondary N) is 2. The Hall–Kier alpha value is -2.63. The second-order valence-electron chi connectivity index (χ2n) is 8.93. The van der Waals surface area contributed by atoms with Crippen LogP contribution in [-0.2, 0) is 20.2 Å². The van der Waals surface area contributed by atoms with Crippen molar-refractivity contribution in [2.24, 2.45) is 0 Å². The summed E-state index contributed by atoms with van der Waals surface area (Å²) in [6.45, 7) is 1.74. The van der Waals surface area contributed by atoms with Crippen molar-refractivity contribution in [1.29, 1.82) is 0 Å². The van der Waals surface area contributed by atoms with Gasteiger partial charge in [0.25, 0.3) is 0 Å². The van der Waals surface area contributed by atoms with Gasteiger partial charge in [-0.25, -0.2) is 22.5 Å². The number of anilines is 3. The minimum absolute atomic E-state index is 0.00451. The zero-order chi connectivity index (χ0) is 22.9. The highest BCUT2D eigenvalue weighted by Gasteiger charge is 2.63. The molecule has 11 heteroatoms. The summed E-state index contributed by atoms with van der Waals surface area (Å²) in [5.41, 5.74) is -0.871. The SMILES string of the molecule is CNS(=O)(=O)c1ccc(Nc2ncc3c(n2)N([C@@H]2CCC[C@@]2(C)O)C(=O)C32CC2)c(F)c1. The number of carbonyl (C=O) groups excluding carboxylic acids is 1. The average molecular weight is 462 g/mol. The van der Waals surface area contributed by atoms with Crippen molar-refractivity contribution in [3.63, 3.8) is 0 Å². The van der Waals surface area contributed by atoms with Crippen molar-refractivity contribution in [3.8, 4) is 0 Å². The highest BCUT2D eigenvalue weighted by Crippen LogP contribution is 2.58. The minimum Gasteiger partial charge on any atom is -0.388 e. The summed E-state index contributed by atoms with van der Waals surface area (Å²) in [6, 6.07) is 3.10. The predicted octanol–water partition coefficient (Wildman–Crippen LogP) is 1.95. The molecule has 2 atom stereocenters. The highest BCUT2D eigenvalue weighted by atomic mass is 32.2. The van der Waals surface area contributed by atoms with Crippen LogP contribution in [0.2, 0.25) is 0 Å². The van der Waals surface area contributed by atoms with Crippen molar-refractivity contribution in [2.75, 3.05) is 17.3 Å². The molecule has 2 heterocycles. The van der Waals surface area contributed by atoms with Gasteiger partial charge in [0.05, 0.1) is 27.6 Å². The third-order valence-electron chi connectivity index (χ3n) is 6.85. The first kappa shape index (κ1) is 21.2. The lowest BCUT2D eigenvalue weighted by Gasteiger charge is -2.33. The van der Waals surface area contributed by atoms with Crippen LogP contribution in [-0.4, -0.2) is 48.1 Å². The Labute approximate surface area is 185 Å². The maximum atomic E-state index is 14.6. The number of halogens is 1. The Morgan fingerprint density at radius 1 is 1.28 bits per heavy atom. The smallest absolute Gasteiger partial charge is 0.240 e. The number of amides is 1. The van der Waals surface area contributed by atoms with Crippen LogP contribution < -0.4 is 14.9 Å². The molecule has 0 bridgehead atoms. The van der Waals surface area contributed by atoms with Crippen molar-refractivity contribution in [2.45, 2.75) is 61.0 Å². The van der Waals surface area contributed by atoms with E-state index in [-0.39, 0.29) is 28.5 Å². The molecule has 1 aromatic carbocycles. The van der Waals surface area contributed by atoms with Crippen LogP contribution >= 0.6 is 0 Å². The molecule has 1 amide bonds. The number of sulfonamides is 1. The van der Waals surface area contributed by atoms with Gasteiger partial charge in [0.15, 0.2) is 0 Å². The summed E-state index contributed by atoms with van der Waals surface area (Å²) in [5, 5.41) is 13.6. The molecule has 3 aliphatic rings. The lowest BCUT2D eigenvalue weighted by molar-refractivity contribution is -0.121. The van der Waals surface area contributed by atoms with Crippen LogP contribution in [0.25, 0.3) is 0 Å². The van der Waals surface area contributed by atoms with E-state index in [9.17, 15) is 22.7 Å². The molecule has 3 N–H and O–H groups in total. The van der Waals surface area contributed by atoms with E-state index in [4.69, 9.17) is 0 Å². The van der Waals surface area contributed by atoms with Gasteiger partial charge in [-0.1, -0.05) is 0 Å². The summed E-state index contributed by atoms with van der Waals surface area (Å²) in [6.07, 6.45) is 5.13. The molecular weight excluding hydrogens is 437 g/mol. The summed E-state index contributed by atoms with van der Waals surface area (Å²) in [5.74, 6) is -0.304. The van der Waals surface area contributed by atoms with Gasteiger partial charge >= 0.3 is 0 Å². The maximum Gasteiger partial charge on any atom is 0.240 e. The molecule has 5 rings (SSSR count). The number of carbonyl (C=O) groups is 1. The minimum atomic E-state index is -3.78. The van der Waals surface area contributed by atoms with E-state index in [1.165, 1.54) is 19.2 Å². The topological polar surface area (TPSA) is 125 Å². The fourth-order valence-electron chi connectivity index (χ4n) is 4.83. The van der Waals surface area contributed by atoms with E-state index in [1.54, 1.807) is 18.0 Å². The molecule has 9 nitrogen and oxygen atoms in total. The highest BCUT2D eigenvalue weighted by molar-refractivity contribution is 7.89. The first-order valence-corrected chi connectivity index (χ1v) is 12.0. The van der Waals surface area contributed by atoms with Gasteiger partial charge in [-0.3, -0.25) is 9.69 Å². The molecule has 0 radical (unpaired) electrons. The number of nitrogens with zero attached hydrogens (tertiary/aromatic N) is 3. The van der Waals surface area contributed by atoms with Gasteiger partial charge in [-0.05, 0) is 64.3 Å². The standard InChI is InChI=1S/C21H24FN5O4S/c1-20(29)7-3-4-16(20)27-17-13(21(8-9-21)18(27)28)11-24-19(26-17)25-15-6-5-12(10-14(15)22)32(30,31)23-2/h5-6,10-11,16,23,29H,3-4,7-9H2,1-2H3,(H,24,25,26)/t16-,20-/m1/s1. The van der Waals surface area contributed by atoms with E-state index in [1.807, 2.05) is 0 Å². The number of rotatable bonds is 5. The quantitative estimate of drug-likeness (QED) is 0.622. The second kappa shape index (κ2) is 6.93. The van der Waals surface area contributed by atoms with E-state index in [2.05, 4.69) is 20.0 Å². The average Bonchev–Trinajstić information content (AvgIpc) is 3.43. The normalized spacial score (nSPS) is 25.9. The zero-order valence-corrected chi connectivity index (χ0v) is 18.5. The summed E-state index contributed by atoms with van der Waals surface area (Å²) in [7, 11) is -2.53. The van der Waals surface area contributed by atoms with E-state index >= 15 is 0 Å². The molecule has 0 unspecified atom stereocenters. The molecule has 170 valence electrons. The van der Waals surface area contributed by atoms with E-state index < -0.39 is 26.9 Å². The van der Waals surface area contributed by atoms with Gasteiger partial charge in [0.2, 0.25) is 21.9 Å². The van der Waals surface area contributed by atoms with Gasteiger partial charge in [0.1, 0.15) is 11.6 Å². The van der Waals surface area contributed by atoms with Crippen molar-refractivity contribution >= 4 is 33.4 Å². The molecule has 2 aliphatic carbocycles. The first-order valence-electron chi connectivity index (χ1n) is 10.5. The molecule has 1 spiro atoms. The third kappa shape index (κ3) is 3.10. The largest absolute Gasteiger partial charge is 0.388 e. The Morgan fingerprint density at radius 3 is 2.62 bits per heavy atom. The summed E-state index contributed by atoms with van der Waals surface area (Å²) in [4.78, 5) is 23.5. The van der Waals surface area contributed by atoms with Crippen LogP contribution in [0.1, 0.15) is 44.6 Å². The third-order valence-corrected chi connectivity index (χ3v) is 8.26.